The molecular weight excluding hydrogens is 426 g/mol. The van der Waals surface area contributed by atoms with E-state index in [-0.39, 0.29) is 0 Å². The number of hydrogen-bond acceptors (Lipinski definition) is 2. The second kappa shape index (κ2) is 6.87. The normalized spacial score (nSPS) is 12.0. The van der Waals surface area contributed by atoms with Crippen LogP contribution in [0.4, 0.5) is 0 Å². The van der Waals surface area contributed by atoms with E-state index in [0.717, 1.165) is 27.9 Å². The molecule has 0 aliphatic rings. The Morgan fingerprint density at radius 2 is 1.26 bits per heavy atom. The molecule has 0 saturated heterocycles. The average Bonchev–Trinajstić information content (AvgIpc) is 3.45. The Morgan fingerprint density at radius 3 is 2.11 bits per heavy atom. The molecular formula is C32H19N3. The van der Waals surface area contributed by atoms with Crippen molar-refractivity contribution in [2.75, 3.05) is 0 Å². The van der Waals surface area contributed by atoms with Gasteiger partial charge in [-0.2, -0.15) is 0 Å². The highest BCUT2D eigenvalue weighted by atomic mass is 14.9. The number of pyridine rings is 2. The zero-order chi connectivity index (χ0) is 22.9. The van der Waals surface area contributed by atoms with E-state index in [2.05, 4.69) is 106 Å². The van der Waals surface area contributed by atoms with E-state index < -0.39 is 0 Å². The highest BCUT2D eigenvalue weighted by molar-refractivity contribution is 6.27. The highest BCUT2D eigenvalue weighted by Crippen LogP contribution is 2.45. The molecule has 4 heterocycles. The molecule has 4 aromatic carbocycles. The summed E-state index contributed by atoms with van der Waals surface area (Å²) in [5.41, 5.74) is 8.93. The van der Waals surface area contributed by atoms with E-state index in [1.54, 1.807) is 0 Å². The predicted octanol–water partition coefficient (Wildman–Crippen LogP) is 8.11. The van der Waals surface area contributed by atoms with E-state index in [0.29, 0.717) is 0 Å². The maximum Gasteiger partial charge on any atom is 0.160 e. The molecule has 0 bridgehead atoms. The fourth-order valence-electron chi connectivity index (χ4n) is 5.72. The predicted molar refractivity (Wildman–Crippen MR) is 145 cm³/mol. The Balaban J connectivity index is 1.57. The third-order valence-electron chi connectivity index (χ3n) is 7.19. The topological polar surface area (TPSA) is 30.2 Å². The van der Waals surface area contributed by atoms with Crippen molar-refractivity contribution in [2.24, 2.45) is 0 Å². The minimum Gasteiger partial charge on any atom is -0.308 e. The Hall–Kier alpha value is -4.76. The van der Waals surface area contributed by atoms with Gasteiger partial charge in [0.2, 0.25) is 0 Å². The fraction of sp³-hybridized carbons (Fsp3) is 0. The molecule has 0 unspecified atom stereocenters. The van der Waals surface area contributed by atoms with Crippen molar-refractivity contribution in [2.45, 2.75) is 0 Å². The van der Waals surface area contributed by atoms with Gasteiger partial charge in [-0.25, -0.2) is 9.97 Å². The standard InChI is InChI=1S/C32H19N3/c1-2-9-20(10-3-1)27-19-26(24-13-8-18-33-32(24)34-27)22-16-17-23-21-11-4-6-14-28(21)35-29-15-7-5-12-25(29)30(22)31(23)35/h1-19H. The molecule has 0 aliphatic carbocycles. The number of fused-ring (bicyclic) bond motifs is 7. The minimum absolute atomic E-state index is 0.767. The van der Waals surface area contributed by atoms with Crippen LogP contribution in [-0.4, -0.2) is 14.4 Å². The fourth-order valence-corrected chi connectivity index (χ4v) is 5.72. The number of benzene rings is 4. The van der Waals surface area contributed by atoms with E-state index in [4.69, 9.17) is 4.98 Å². The summed E-state index contributed by atoms with van der Waals surface area (Å²) >= 11 is 0. The van der Waals surface area contributed by atoms with Gasteiger partial charge in [0.15, 0.2) is 5.65 Å². The van der Waals surface area contributed by atoms with Gasteiger partial charge in [0.1, 0.15) is 0 Å². The molecule has 0 fully saturated rings. The van der Waals surface area contributed by atoms with Crippen LogP contribution in [0.2, 0.25) is 0 Å². The molecule has 0 atom stereocenters. The molecule has 0 spiro atoms. The average molecular weight is 446 g/mol. The summed E-state index contributed by atoms with van der Waals surface area (Å²) in [6.45, 7) is 0. The lowest BCUT2D eigenvalue weighted by Crippen LogP contribution is -1.92. The van der Waals surface area contributed by atoms with E-state index in [1.165, 1.54) is 43.7 Å². The summed E-state index contributed by atoms with van der Waals surface area (Å²) in [4.78, 5) is 9.57. The van der Waals surface area contributed by atoms with Crippen LogP contribution in [0.25, 0.3) is 71.5 Å². The van der Waals surface area contributed by atoms with Crippen molar-refractivity contribution in [3.63, 3.8) is 0 Å². The van der Waals surface area contributed by atoms with E-state index in [9.17, 15) is 0 Å². The van der Waals surface area contributed by atoms with Crippen LogP contribution in [0, 0.1) is 0 Å². The molecule has 0 radical (unpaired) electrons. The van der Waals surface area contributed by atoms with Crippen molar-refractivity contribution in [1.29, 1.82) is 0 Å². The first-order valence-corrected chi connectivity index (χ1v) is 11.9. The molecule has 35 heavy (non-hydrogen) atoms. The zero-order valence-corrected chi connectivity index (χ0v) is 18.8. The van der Waals surface area contributed by atoms with Crippen LogP contribution in [0.5, 0.6) is 0 Å². The first-order chi connectivity index (χ1) is 17.4. The van der Waals surface area contributed by atoms with E-state index in [1.807, 2.05) is 18.3 Å². The second-order valence-corrected chi connectivity index (χ2v) is 9.05. The lowest BCUT2D eigenvalue weighted by Gasteiger charge is -2.11. The highest BCUT2D eigenvalue weighted by Gasteiger charge is 2.21. The van der Waals surface area contributed by atoms with E-state index >= 15 is 0 Å². The minimum atomic E-state index is 0.767. The van der Waals surface area contributed by atoms with Crippen LogP contribution < -0.4 is 0 Å². The monoisotopic (exact) mass is 445 g/mol. The summed E-state index contributed by atoms with van der Waals surface area (Å²) < 4.78 is 2.43. The number of aromatic nitrogens is 3. The first-order valence-electron chi connectivity index (χ1n) is 11.9. The Morgan fingerprint density at radius 1 is 0.543 bits per heavy atom. The lowest BCUT2D eigenvalue weighted by molar-refractivity contribution is 1.29. The van der Waals surface area contributed by atoms with Crippen molar-refractivity contribution in [3.8, 4) is 22.4 Å². The van der Waals surface area contributed by atoms with Gasteiger partial charge < -0.3 is 4.40 Å². The largest absolute Gasteiger partial charge is 0.308 e. The van der Waals surface area contributed by atoms with Gasteiger partial charge in [0.25, 0.3) is 0 Å². The molecule has 162 valence electrons. The van der Waals surface area contributed by atoms with Gasteiger partial charge in [0.05, 0.1) is 22.2 Å². The van der Waals surface area contributed by atoms with Crippen molar-refractivity contribution >= 4 is 49.1 Å². The van der Waals surface area contributed by atoms with Crippen LogP contribution in [0.15, 0.2) is 115 Å². The van der Waals surface area contributed by atoms with Crippen LogP contribution in [-0.2, 0) is 0 Å². The van der Waals surface area contributed by atoms with Gasteiger partial charge in [-0.3, -0.25) is 0 Å². The molecule has 0 N–H and O–H groups in total. The Bertz CT molecular complexity index is 2050. The maximum absolute atomic E-state index is 4.93. The SMILES string of the molecule is c1ccc(-c2cc(-c3ccc4c5ccccc5n5c6ccccc6c3c45)c3cccnc3n2)cc1. The number of rotatable bonds is 2. The van der Waals surface area contributed by atoms with Crippen LogP contribution >= 0.6 is 0 Å². The van der Waals surface area contributed by atoms with Gasteiger partial charge in [-0.15, -0.1) is 0 Å². The second-order valence-electron chi connectivity index (χ2n) is 9.05. The molecule has 8 aromatic rings. The first kappa shape index (κ1) is 18.6. The Labute approximate surface area is 201 Å². The summed E-state index contributed by atoms with van der Waals surface area (Å²) in [6, 6.07) is 38.7. The molecule has 8 rings (SSSR count). The van der Waals surface area contributed by atoms with Crippen molar-refractivity contribution in [3.05, 3.63) is 115 Å². The third kappa shape index (κ3) is 2.50. The number of para-hydroxylation sites is 2. The van der Waals surface area contributed by atoms with Crippen molar-refractivity contribution < 1.29 is 0 Å². The molecule has 3 nitrogen and oxygen atoms in total. The summed E-state index contributed by atoms with van der Waals surface area (Å²) in [6.07, 6.45) is 1.82. The van der Waals surface area contributed by atoms with Gasteiger partial charge in [-0.05, 0) is 41.5 Å². The Kier molecular flexibility index (Phi) is 3.66. The van der Waals surface area contributed by atoms with Gasteiger partial charge in [0, 0.05) is 38.7 Å². The smallest absolute Gasteiger partial charge is 0.160 e. The summed E-state index contributed by atoms with van der Waals surface area (Å²) in [5, 5.41) is 6.19. The quantitative estimate of drug-likeness (QED) is 0.269. The van der Waals surface area contributed by atoms with Gasteiger partial charge >= 0.3 is 0 Å². The van der Waals surface area contributed by atoms with Crippen LogP contribution in [0.1, 0.15) is 0 Å². The molecule has 0 amide bonds. The maximum atomic E-state index is 4.93. The van der Waals surface area contributed by atoms with Crippen molar-refractivity contribution in [1.82, 2.24) is 14.4 Å². The number of nitrogens with zero attached hydrogens (tertiary/aromatic N) is 3. The third-order valence-corrected chi connectivity index (χ3v) is 7.19. The molecule has 0 aliphatic heterocycles. The molecule has 4 aromatic heterocycles. The summed E-state index contributed by atoms with van der Waals surface area (Å²) in [5.74, 6) is 0. The lowest BCUT2D eigenvalue weighted by atomic mass is 9.94. The molecule has 3 heteroatoms. The van der Waals surface area contributed by atoms with Gasteiger partial charge in [-0.1, -0.05) is 78.9 Å². The molecule has 0 saturated carbocycles. The number of hydrogen-bond donors (Lipinski definition) is 0. The van der Waals surface area contributed by atoms with Crippen LogP contribution in [0.3, 0.4) is 0 Å². The zero-order valence-electron chi connectivity index (χ0n) is 18.8. The summed E-state index contributed by atoms with van der Waals surface area (Å²) in [7, 11) is 0.